The minimum Gasteiger partial charge on any atom is -0.389 e. The third-order valence-corrected chi connectivity index (χ3v) is 7.23. The summed E-state index contributed by atoms with van der Waals surface area (Å²) in [6.07, 6.45) is 1.91. The van der Waals surface area contributed by atoms with Crippen molar-refractivity contribution < 1.29 is 19.7 Å². The van der Waals surface area contributed by atoms with Crippen LogP contribution in [-0.2, 0) is 9.53 Å². The van der Waals surface area contributed by atoms with E-state index in [1.807, 2.05) is 7.05 Å². The number of carbonyl (C=O) groups excluding carboxylic acids is 1. The van der Waals surface area contributed by atoms with E-state index in [9.17, 15) is 15.0 Å². The minimum atomic E-state index is -1.13. The van der Waals surface area contributed by atoms with Gasteiger partial charge >= 0.3 is 0 Å². The molecule has 6 nitrogen and oxygen atoms in total. The molecule has 0 unspecified atom stereocenters. The SMILES string of the molecule is CCC[C@@H]1C[C@@H](C(=O)N[C@H]([C@H]2O[C@H](SC)[C@H](O)[C@H](Cl)[C@H]2O)[C@H](C)Cl)N(C)C1. The highest BCUT2D eigenvalue weighted by molar-refractivity contribution is 7.99. The highest BCUT2D eigenvalue weighted by atomic mass is 35.5. The number of likely N-dealkylation sites (N-methyl/N-ethyl adjacent to an activating group) is 1. The minimum absolute atomic E-state index is 0.109. The summed E-state index contributed by atoms with van der Waals surface area (Å²) in [4.78, 5) is 15.0. The zero-order chi connectivity index (χ0) is 20.3. The van der Waals surface area contributed by atoms with Crippen molar-refractivity contribution in [3.05, 3.63) is 0 Å². The highest BCUT2D eigenvalue weighted by Gasteiger charge is 2.48. The lowest BCUT2D eigenvalue weighted by molar-refractivity contribution is -0.149. The Hall–Kier alpha value is 0.240. The van der Waals surface area contributed by atoms with Gasteiger partial charge in [-0.25, -0.2) is 0 Å². The predicted molar refractivity (Wildman–Crippen MR) is 111 cm³/mol. The second kappa shape index (κ2) is 10.3. The Kier molecular flexibility index (Phi) is 8.99. The molecule has 2 rings (SSSR count). The average molecular weight is 443 g/mol. The largest absolute Gasteiger partial charge is 0.389 e. The smallest absolute Gasteiger partial charge is 0.237 e. The van der Waals surface area contributed by atoms with Crippen molar-refractivity contribution in [2.45, 2.75) is 79.7 Å². The lowest BCUT2D eigenvalue weighted by Crippen LogP contribution is -2.64. The zero-order valence-electron chi connectivity index (χ0n) is 16.3. The molecule has 0 aliphatic carbocycles. The normalized spacial score (nSPS) is 39.9. The van der Waals surface area contributed by atoms with Gasteiger partial charge in [0.2, 0.25) is 5.91 Å². The molecule has 2 fully saturated rings. The van der Waals surface area contributed by atoms with E-state index in [1.54, 1.807) is 13.2 Å². The second-order valence-electron chi connectivity index (χ2n) is 7.69. The molecule has 0 aromatic heterocycles. The third kappa shape index (κ3) is 5.44. The number of nitrogens with zero attached hydrogens (tertiary/aromatic N) is 1. The quantitative estimate of drug-likeness (QED) is 0.519. The molecule has 0 bridgehead atoms. The number of rotatable bonds is 7. The van der Waals surface area contributed by atoms with Crippen LogP contribution in [0.1, 0.15) is 33.1 Å². The number of hydrogen-bond acceptors (Lipinski definition) is 6. The molecule has 2 heterocycles. The van der Waals surface area contributed by atoms with Crippen LogP contribution in [0.2, 0.25) is 0 Å². The van der Waals surface area contributed by atoms with Gasteiger partial charge in [-0.15, -0.1) is 35.0 Å². The predicted octanol–water partition coefficient (Wildman–Crippen LogP) is 1.64. The summed E-state index contributed by atoms with van der Waals surface area (Å²) in [5.74, 6) is 0.407. The third-order valence-electron chi connectivity index (χ3n) is 5.58. The van der Waals surface area contributed by atoms with Gasteiger partial charge in [0.25, 0.3) is 0 Å². The molecule has 0 saturated carbocycles. The van der Waals surface area contributed by atoms with Gasteiger partial charge in [-0.1, -0.05) is 13.3 Å². The van der Waals surface area contributed by atoms with E-state index >= 15 is 0 Å². The molecule has 0 radical (unpaired) electrons. The maximum absolute atomic E-state index is 12.9. The molecular weight excluding hydrogens is 411 g/mol. The Bertz CT molecular complexity index is 500. The van der Waals surface area contributed by atoms with Gasteiger partial charge in [-0.3, -0.25) is 9.69 Å². The maximum atomic E-state index is 12.9. The fourth-order valence-corrected chi connectivity index (χ4v) is 5.35. The number of amides is 1. The molecule has 0 aromatic rings. The number of carbonyl (C=O) groups is 1. The number of ether oxygens (including phenoxy) is 1. The van der Waals surface area contributed by atoms with Crippen LogP contribution in [0.4, 0.5) is 0 Å². The monoisotopic (exact) mass is 442 g/mol. The summed E-state index contributed by atoms with van der Waals surface area (Å²) in [6.45, 7) is 4.81. The molecule has 3 N–H and O–H groups in total. The molecule has 2 aliphatic rings. The van der Waals surface area contributed by atoms with Gasteiger partial charge in [0.05, 0.1) is 22.8 Å². The number of likely N-dealkylation sites (tertiary alicyclic amines) is 1. The van der Waals surface area contributed by atoms with Gasteiger partial charge in [0, 0.05) is 6.54 Å². The summed E-state index contributed by atoms with van der Waals surface area (Å²) in [7, 11) is 1.96. The van der Waals surface area contributed by atoms with Crippen LogP contribution in [0.25, 0.3) is 0 Å². The first-order chi connectivity index (χ1) is 12.7. The summed E-state index contributed by atoms with van der Waals surface area (Å²) in [6, 6.07) is -0.829. The van der Waals surface area contributed by atoms with Crippen molar-refractivity contribution in [2.75, 3.05) is 19.8 Å². The van der Waals surface area contributed by atoms with Crippen LogP contribution < -0.4 is 5.32 Å². The van der Waals surface area contributed by atoms with Crippen molar-refractivity contribution in [3.8, 4) is 0 Å². The Morgan fingerprint density at radius 3 is 2.63 bits per heavy atom. The molecule has 158 valence electrons. The van der Waals surface area contributed by atoms with E-state index in [1.165, 1.54) is 11.8 Å². The van der Waals surface area contributed by atoms with Crippen molar-refractivity contribution in [1.29, 1.82) is 0 Å². The van der Waals surface area contributed by atoms with Crippen molar-refractivity contribution in [2.24, 2.45) is 5.92 Å². The first-order valence-electron chi connectivity index (χ1n) is 9.54. The van der Waals surface area contributed by atoms with Crippen LogP contribution in [-0.4, -0.2) is 87.5 Å². The molecular formula is C18H32Cl2N2O4S. The molecule has 27 heavy (non-hydrogen) atoms. The highest BCUT2D eigenvalue weighted by Crippen LogP contribution is 2.33. The Labute approximate surface area is 176 Å². The maximum Gasteiger partial charge on any atom is 0.237 e. The number of nitrogens with one attached hydrogen (secondary N) is 1. The van der Waals surface area contributed by atoms with E-state index in [0.717, 1.165) is 25.8 Å². The number of halogens is 2. The Morgan fingerprint density at radius 2 is 2.07 bits per heavy atom. The Morgan fingerprint density at radius 1 is 1.41 bits per heavy atom. The van der Waals surface area contributed by atoms with Crippen molar-refractivity contribution in [1.82, 2.24) is 10.2 Å². The van der Waals surface area contributed by atoms with Gasteiger partial charge in [0.15, 0.2) is 0 Å². The lowest BCUT2D eigenvalue weighted by Gasteiger charge is -2.44. The van der Waals surface area contributed by atoms with Gasteiger partial charge in [-0.05, 0) is 39.0 Å². The van der Waals surface area contributed by atoms with Crippen LogP contribution in [0, 0.1) is 5.92 Å². The van der Waals surface area contributed by atoms with Crippen molar-refractivity contribution >= 4 is 40.9 Å². The molecule has 9 atom stereocenters. The molecule has 2 saturated heterocycles. The average Bonchev–Trinajstić information content (AvgIpc) is 2.99. The number of hydrogen-bond donors (Lipinski definition) is 3. The fourth-order valence-electron chi connectivity index (χ4n) is 4.09. The second-order valence-corrected chi connectivity index (χ2v) is 9.82. The number of thioether (sulfide) groups is 1. The first-order valence-corrected chi connectivity index (χ1v) is 11.7. The molecule has 2 aliphatic heterocycles. The van der Waals surface area contributed by atoms with E-state index in [-0.39, 0.29) is 11.9 Å². The summed E-state index contributed by atoms with van der Waals surface area (Å²) < 4.78 is 5.87. The fraction of sp³-hybridized carbons (Fsp3) is 0.944. The van der Waals surface area contributed by atoms with E-state index in [4.69, 9.17) is 27.9 Å². The molecule has 9 heteroatoms. The van der Waals surface area contributed by atoms with E-state index in [0.29, 0.717) is 5.92 Å². The van der Waals surface area contributed by atoms with Gasteiger partial charge in [0.1, 0.15) is 23.7 Å². The summed E-state index contributed by atoms with van der Waals surface area (Å²) in [5, 5.41) is 22.3. The standard InChI is InChI=1S/C18H32Cl2N2O4S/c1-5-6-10-7-11(22(3)8-10)17(25)21-13(9(2)19)16-14(23)12(20)15(24)18(26-16)27-4/h9-16,18,23-24H,5-8H2,1-4H3,(H,21,25)/t9-,10+,11-,12+,13-,14+,15+,16+,18+/m0/s1. The Balaban J connectivity index is 2.09. The lowest BCUT2D eigenvalue weighted by atomic mass is 9.94. The van der Waals surface area contributed by atoms with Gasteiger partial charge < -0.3 is 20.3 Å². The first kappa shape index (κ1) is 23.5. The topological polar surface area (TPSA) is 82.0 Å². The molecule has 1 amide bonds. The number of aliphatic hydroxyl groups is 2. The number of alkyl halides is 2. The molecule has 0 aromatic carbocycles. The molecule has 0 spiro atoms. The number of aliphatic hydroxyl groups excluding tert-OH is 2. The van der Waals surface area contributed by atoms with Crippen LogP contribution in [0.5, 0.6) is 0 Å². The summed E-state index contributed by atoms with van der Waals surface area (Å²) in [5.41, 5.74) is -0.584. The van der Waals surface area contributed by atoms with Gasteiger partial charge in [-0.2, -0.15) is 0 Å². The van der Waals surface area contributed by atoms with Crippen LogP contribution in [0.15, 0.2) is 0 Å². The zero-order valence-corrected chi connectivity index (χ0v) is 18.7. The van der Waals surface area contributed by atoms with Crippen molar-refractivity contribution in [3.63, 3.8) is 0 Å². The van der Waals surface area contributed by atoms with Crippen LogP contribution in [0.3, 0.4) is 0 Å². The van der Waals surface area contributed by atoms with E-state index < -0.39 is 40.5 Å². The summed E-state index contributed by atoms with van der Waals surface area (Å²) >= 11 is 13.9. The van der Waals surface area contributed by atoms with E-state index in [2.05, 4.69) is 17.1 Å². The van der Waals surface area contributed by atoms with Crippen LogP contribution >= 0.6 is 35.0 Å².